The van der Waals surface area contributed by atoms with Crippen molar-refractivity contribution >= 4 is 23.7 Å². The molecule has 0 saturated heterocycles. The molecule has 0 aromatic heterocycles. The van der Waals surface area contributed by atoms with Gasteiger partial charge in [-0.15, -0.1) is 11.8 Å². The van der Waals surface area contributed by atoms with Gasteiger partial charge in [0.25, 0.3) is 0 Å². The summed E-state index contributed by atoms with van der Waals surface area (Å²) < 4.78 is 5.77. The lowest BCUT2D eigenvalue weighted by molar-refractivity contribution is 0.483. The van der Waals surface area contributed by atoms with Crippen LogP contribution in [-0.2, 0) is 0 Å². The number of thioether (sulfide) groups is 1. The third kappa shape index (κ3) is 4.47. The molecule has 3 aromatic rings. The molecule has 0 aliphatic carbocycles. The van der Waals surface area contributed by atoms with Gasteiger partial charge in [0, 0.05) is 11.1 Å². The summed E-state index contributed by atoms with van der Waals surface area (Å²) in [7, 11) is 0. The van der Waals surface area contributed by atoms with E-state index in [1.165, 1.54) is 4.90 Å². The summed E-state index contributed by atoms with van der Waals surface area (Å²) in [5, 5.41) is 0. The third-order valence-electron chi connectivity index (χ3n) is 3.29. The van der Waals surface area contributed by atoms with Gasteiger partial charge >= 0.3 is 0 Å². The van der Waals surface area contributed by atoms with E-state index in [9.17, 15) is 0 Å². The molecule has 0 radical (unpaired) electrons. The van der Waals surface area contributed by atoms with Crippen LogP contribution < -0.4 is 4.74 Å². The van der Waals surface area contributed by atoms with Crippen molar-refractivity contribution in [3.8, 4) is 11.5 Å². The van der Waals surface area contributed by atoms with E-state index in [-0.39, 0.29) is 0 Å². The topological polar surface area (TPSA) is 21.6 Å². The Bertz CT molecular complexity index is 765. The summed E-state index contributed by atoms with van der Waals surface area (Å²) in [4.78, 5) is 5.75. The summed E-state index contributed by atoms with van der Waals surface area (Å²) in [5.41, 5.74) is 1.99. The zero-order valence-electron chi connectivity index (χ0n) is 12.8. The summed E-state index contributed by atoms with van der Waals surface area (Å²) in [6.45, 7) is 0. The van der Waals surface area contributed by atoms with Crippen molar-refractivity contribution in [2.45, 2.75) is 4.90 Å². The van der Waals surface area contributed by atoms with Crippen LogP contribution in [0.5, 0.6) is 11.5 Å². The van der Waals surface area contributed by atoms with Crippen molar-refractivity contribution in [1.29, 1.82) is 0 Å². The maximum Gasteiger partial charge on any atom is 0.127 e. The normalized spacial score (nSPS) is 10.8. The molecule has 2 nitrogen and oxygen atoms in total. The molecule has 3 rings (SSSR count). The Morgan fingerprint density at radius 2 is 1.43 bits per heavy atom. The molecule has 0 bridgehead atoms. The molecule has 0 aliphatic rings. The first-order valence-corrected chi connectivity index (χ1v) is 8.57. The van der Waals surface area contributed by atoms with Gasteiger partial charge in [-0.05, 0) is 60.4 Å². The lowest BCUT2D eigenvalue weighted by Crippen LogP contribution is -1.83. The maximum atomic E-state index is 5.77. The molecular weight excluding hydrogens is 302 g/mol. The summed E-state index contributed by atoms with van der Waals surface area (Å²) in [5.74, 6) is 1.64. The van der Waals surface area contributed by atoms with E-state index >= 15 is 0 Å². The van der Waals surface area contributed by atoms with Crippen molar-refractivity contribution in [1.82, 2.24) is 0 Å². The number of benzene rings is 3. The highest BCUT2D eigenvalue weighted by Gasteiger charge is 1.96. The van der Waals surface area contributed by atoms with E-state index in [1.54, 1.807) is 11.8 Å². The highest BCUT2D eigenvalue weighted by molar-refractivity contribution is 7.98. The molecule has 0 N–H and O–H groups in total. The summed E-state index contributed by atoms with van der Waals surface area (Å²) in [6.07, 6.45) is 3.94. The highest BCUT2D eigenvalue weighted by Crippen LogP contribution is 2.23. The molecule has 3 aromatic carbocycles. The molecule has 23 heavy (non-hydrogen) atoms. The van der Waals surface area contributed by atoms with Crippen LogP contribution >= 0.6 is 11.8 Å². The first-order chi connectivity index (χ1) is 11.3. The van der Waals surface area contributed by atoms with Gasteiger partial charge in [-0.3, -0.25) is 4.99 Å². The molecule has 0 fully saturated rings. The molecule has 0 atom stereocenters. The van der Waals surface area contributed by atoms with Crippen LogP contribution in [0.4, 0.5) is 5.69 Å². The van der Waals surface area contributed by atoms with Gasteiger partial charge in [0.2, 0.25) is 0 Å². The van der Waals surface area contributed by atoms with E-state index in [1.807, 2.05) is 60.8 Å². The number of hydrogen-bond donors (Lipinski definition) is 0. The van der Waals surface area contributed by atoms with Crippen molar-refractivity contribution in [3.05, 3.63) is 84.4 Å². The number of rotatable bonds is 5. The van der Waals surface area contributed by atoms with Gasteiger partial charge in [0.15, 0.2) is 0 Å². The van der Waals surface area contributed by atoms with Crippen LogP contribution in [0.25, 0.3) is 0 Å². The van der Waals surface area contributed by atoms with E-state index in [0.29, 0.717) is 0 Å². The van der Waals surface area contributed by atoms with Gasteiger partial charge in [-0.2, -0.15) is 0 Å². The molecule has 114 valence electrons. The second kappa shape index (κ2) is 7.65. The van der Waals surface area contributed by atoms with E-state index in [2.05, 4.69) is 35.5 Å². The van der Waals surface area contributed by atoms with Crippen molar-refractivity contribution in [2.24, 2.45) is 4.99 Å². The van der Waals surface area contributed by atoms with Crippen molar-refractivity contribution < 1.29 is 4.74 Å². The Labute approximate surface area is 140 Å². The third-order valence-corrected chi connectivity index (χ3v) is 4.04. The fraction of sp³-hybridized carbons (Fsp3) is 0.0500. The van der Waals surface area contributed by atoms with E-state index in [0.717, 1.165) is 22.7 Å². The Hall–Kier alpha value is -2.52. The maximum absolute atomic E-state index is 5.77. The Kier molecular flexibility index (Phi) is 5.12. The monoisotopic (exact) mass is 319 g/mol. The molecule has 0 saturated carbocycles. The average molecular weight is 319 g/mol. The van der Waals surface area contributed by atoms with Gasteiger partial charge in [0.1, 0.15) is 11.5 Å². The molecular formula is C20H17NOS. The quantitative estimate of drug-likeness (QED) is 0.428. The van der Waals surface area contributed by atoms with Crippen LogP contribution in [-0.4, -0.2) is 12.5 Å². The second-order valence-corrected chi connectivity index (χ2v) is 5.82. The fourth-order valence-corrected chi connectivity index (χ4v) is 2.47. The number of para-hydroxylation sites is 1. The molecule has 0 heterocycles. The van der Waals surface area contributed by atoms with Gasteiger partial charge in [-0.1, -0.05) is 30.3 Å². The van der Waals surface area contributed by atoms with E-state index in [4.69, 9.17) is 4.74 Å². The van der Waals surface area contributed by atoms with Crippen LogP contribution in [0, 0.1) is 0 Å². The largest absolute Gasteiger partial charge is 0.457 e. The number of aliphatic imine (C=N–C) groups is 1. The SMILES string of the molecule is CSc1ccc(C=Nc2ccc(Oc3ccccc3)cc2)cc1. The number of hydrogen-bond acceptors (Lipinski definition) is 3. The molecule has 0 amide bonds. The Balaban J connectivity index is 1.65. The number of ether oxygens (including phenoxy) is 1. The average Bonchev–Trinajstić information content (AvgIpc) is 2.62. The smallest absolute Gasteiger partial charge is 0.127 e. The fourth-order valence-electron chi connectivity index (χ4n) is 2.06. The van der Waals surface area contributed by atoms with Crippen LogP contribution in [0.3, 0.4) is 0 Å². The van der Waals surface area contributed by atoms with Crippen LogP contribution in [0.1, 0.15) is 5.56 Å². The minimum absolute atomic E-state index is 0.805. The first kappa shape index (κ1) is 15.4. The Morgan fingerprint density at radius 1 is 0.783 bits per heavy atom. The zero-order chi connectivity index (χ0) is 15.9. The lowest BCUT2D eigenvalue weighted by atomic mass is 10.2. The zero-order valence-corrected chi connectivity index (χ0v) is 13.7. The van der Waals surface area contributed by atoms with Gasteiger partial charge in [-0.25, -0.2) is 0 Å². The lowest BCUT2D eigenvalue weighted by Gasteiger charge is -2.05. The molecule has 3 heteroatoms. The molecule has 0 spiro atoms. The summed E-state index contributed by atoms with van der Waals surface area (Å²) >= 11 is 1.74. The van der Waals surface area contributed by atoms with Crippen LogP contribution in [0.2, 0.25) is 0 Å². The standard InChI is InChI=1S/C20H17NOS/c1-23-20-13-7-16(8-14-20)15-21-17-9-11-19(12-10-17)22-18-5-3-2-4-6-18/h2-15H,1H3. The van der Waals surface area contributed by atoms with Gasteiger partial charge in [0.05, 0.1) is 5.69 Å². The summed E-state index contributed by atoms with van der Waals surface area (Å²) in [6, 6.07) is 25.8. The highest BCUT2D eigenvalue weighted by atomic mass is 32.2. The van der Waals surface area contributed by atoms with Crippen molar-refractivity contribution in [3.63, 3.8) is 0 Å². The van der Waals surface area contributed by atoms with Crippen LogP contribution in [0.15, 0.2) is 88.8 Å². The first-order valence-electron chi connectivity index (χ1n) is 7.34. The van der Waals surface area contributed by atoms with Crippen molar-refractivity contribution in [2.75, 3.05) is 6.26 Å². The minimum atomic E-state index is 0.805. The number of nitrogens with zero attached hydrogens (tertiary/aromatic N) is 1. The minimum Gasteiger partial charge on any atom is -0.457 e. The molecule has 0 unspecified atom stereocenters. The second-order valence-electron chi connectivity index (χ2n) is 4.94. The molecule has 0 aliphatic heterocycles. The van der Waals surface area contributed by atoms with E-state index < -0.39 is 0 Å². The predicted octanol–water partition coefficient (Wildman–Crippen LogP) is 5.95. The predicted molar refractivity (Wildman–Crippen MR) is 98.4 cm³/mol. The van der Waals surface area contributed by atoms with Gasteiger partial charge < -0.3 is 4.74 Å². The Morgan fingerprint density at radius 3 is 2.09 bits per heavy atom.